The molecular formula is C64H76N4O10S4. The van der Waals surface area contributed by atoms with Gasteiger partial charge in [-0.15, -0.1) is 0 Å². The number of aromatic hydroxyl groups is 2. The Morgan fingerprint density at radius 1 is 0.427 bits per heavy atom. The number of non-ortho nitro benzene ring substituents is 2. The van der Waals surface area contributed by atoms with E-state index in [-0.39, 0.29) is 82.0 Å². The van der Waals surface area contributed by atoms with Crippen molar-refractivity contribution in [1.29, 1.82) is 0 Å². The Kier molecular flexibility index (Phi) is 20.4. The average Bonchev–Trinajstić information content (AvgIpc) is 3.39. The molecule has 1 aliphatic heterocycles. The molecule has 0 aromatic heterocycles. The summed E-state index contributed by atoms with van der Waals surface area (Å²) < 4.78 is 27.9. The van der Waals surface area contributed by atoms with Crippen molar-refractivity contribution in [2.45, 2.75) is 171 Å². The molecule has 7 rings (SSSR count). The van der Waals surface area contributed by atoms with Gasteiger partial charge in [0.2, 0.25) is 0 Å². The smallest absolute Gasteiger partial charge is 0.270 e. The molecule has 0 saturated carbocycles. The van der Waals surface area contributed by atoms with Crippen molar-refractivity contribution in [3.63, 3.8) is 0 Å². The van der Waals surface area contributed by atoms with Crippen molar-refractivity contribution in [2.24, 2.45) is 9.98 Å². The zero-order chi connectivity index (χ0) is 59.9. The number of nitro groups is 2. The lowest BCUT2D eigenvalue weighted by molar-refractivity contribution is -0.385. The van der Waals surface area contributed by atoms with E-state index in [0.29, 0.717) is 24.7 Å². The molecule has 0 atom stereocenters. The zero-order valence-electron chi connectivity index (χ0n) is 49.5. The molecule has 0 spiro atoms. The van der Waals surface area contributed by atoms with Gasteiger partial charge in [-0.25, -0.2) is 0 Å². The number of ether oxygens (including phenoxy) is 4. The predicted molar refractivity (Wildman–Crippen MR) is 334 cm³/mol. The standard InChI is InChI=1S/C64H76N4O10S4/c1-15-23-75-57-49-29-41(61(3,4)5)30-50(57)80-54-34-44(64(12,13)14)36-56(60(54)78-26-22-66-38-40-28-46(68(73)74)18-20-48(40)70)82-52-32-42(62(6,7)8)31-51(58(52)76-24-16-2)81-55-35-43(63(9,10)11)33-53(79-49)59(55)77-25-21-65-37-39-27-45(67(71)72)17-19-47(39)69/h17-20,27-38,69-70H,15-16,21-26H2,1-14H3. The molecule has 6 aromatic rings. The molecule has 0 saturated heterocycles. The van der Waals surface area contributed by atoms with E-state index in [9.17, 15) is 30.4 Å². The van der Waals surface area contributed by atoms with Crippen LogP contribution in [0.25, 0.3) is 0 Å². The third-order valence-corrected chi connectivity index (χ3v) is 17.4. The van der Waals surface area contributed by atoms with E-state index in [0.717, 1.165) is 85.8 Å². The average molecular weight is 1190 g/mol. The van der Waals surface area contributed by atoms with Gasteiger partial charge in [-0.05, 0) is 117 Å². The highest BCUT2D eigenvalue weighted by molar-refractivity contribution is 8.01. The Hall–Kier alpha value is -6.34. The number of phenolic OH excluding ortho intramolecular Hbond substituents is 2. The monoisotopic (exact) mass is 1190 g/mol. The molecule has 436 valence electrons. The highest BCUT2D eigenvalue weighted by Gasteiger charge is 2.31. The molecule has 1 heterocycles. The number of nitrogens with zero attached hydrogens (tertiary/aromatic N) is 4. The Labute approximate surface area is 500 Å². The summed E-state index contributed by atoms with van der Waals surface area (Å²) in [7, 11) is 0. The van der Waals surface area contributed by atoms with Crippen LogP contribution in [0.2, 0.25) is 0 Å². The van der Waals surface area contributed by atoms with Crippen LogP contribution in [0.5, 0.6) is 34.5 Å². The first-order valence-corrected chi connectivity index (χ1v) is 30.7. The summed E-state index contributed by atoms with van der Waals surface area (Å²) >= 11 is 6.36. The van der Waals surface area contributed by atoms with Crippen LogP contribution in [0.15, 0.2) is 134 Å². The summed E-state index contributed by atoms with van der Waals surface area (Å²) in [5.41, 5.74) is 3.36. The van der Waals surface area contributed by atoms with Crippen LogP contribution >= 0.6 is 47.0 Å². The SMILES string of the molecule is CCCOc1c2cc(C(C)(C)C)cc1Sc1cc(C(C)(C)C)cc(c1OCCN=Cc1cc([N+](=O)[O-])ccc1O)Sc1cc(C(C)(C)C)cc(c1OCCC)Sc1cc(C(C)(C)C)cc(c1OCCN=Cc1cc([N+](=O)[O-])ccc1O)S2. The molecule has 2 N–H and O–H groups in total. The van der Waals surface area contributed by atoms with Gasteiger partial charge in [-0.3, -0.25) is 30.2 Å². The summed E-state index contributed by atoms with van der Waals surface area (Å²) in [4.78, 5) is 38.4. The number of aliphatic imine (C=N–C) groups is 2. The third-order valence-electron chi connectivity index (χ3n) is 13.2. The summed E-state index contributed by atoms with van der Waals surface area (Å²) in [5, 5.41) is 44.4. The van der Waals surface area contributed by atoms with Crippen LogP contribution in [0.3, 0.4) is 0 Å². The van der Waals surface area contributed by atoms with Gasteiger partial charge in [-0.2, -0.15) is 0 Å². The van der Waals surface area contributed by atoms with Gasteiger partial charge in [0.1, 0.15) is 47.7 Å². The molecule has 8 bridgehead atoms. The molecule has 0 aliphatic carbocycles. The van der Waals surface area contributed by atoms with E-state index in [1.807, 2.05) is 0 Å². The first-order valence-electron chi connectivity index (χ1n) is 27.5. The number of phenols is 2. The number of rotatable bonds is 18. The van der Waals surface area contributed by atoms with Gasteiger partial charge in [0, 0.05) is 47.8 Å². The van der Waals surface area contributed by atoms with Gasteiger partial charge >= 0.3 is 0 Å². The predicted octanol–water partition coefficient (Wildman–Crippen LogP) is 17.6. The van der Waals surface area contributed by atoms with E-state index in [2.05, 4.69) is 155 Å². The van der Waals surface area contributed by atoms with Gasteiger partial charge in [0.15, 0.2) is 0 Å². The normalized spacial score (nSPS) is 13.1. The van der Waals surface area contributed by atoms with E-state index >= 15 is 0 Å². The van der Waals surface area contributed by atoms with Crippen LogP contribution < -0.4 is 18.9 Å². The minimum Gasteiger partial charge on any atom is -0.507 e. The van der Waals surface area contributed by atoms with Crippen molar-refractivity contribution in [3.8, 4) is 34.5 Å². The van der Waals surface area contributed by atoms with Gasteiger partial charge in [0.25, 0.3) is 11.4 Å². The van der Waals surface area contributed by atoms with E-state index < -0.39 is 9.85 Å². The quantitative estimate of drug-likeness (QED) is 0.0357. The summed E-state index contributed by atoms with van der Waals surface area (Å²) in [5.74, 6) is 2.50. The minimum absolute atomic E-state index is 0.118. The first kappa shape index (κ1) is 63.2. The van der Waals surface area contributed by atoms with E-state index in [1.54, 1.807) is 47.0 Å². The Morgan fingerprint density at radius 2 is 0.671 bits per heavy atom. The minimum atomic E-state index is -0.505. The van der Waals surface area contributed by atoms with Crippen molar-refractivity contribution in [1.82, 2.24) is 0 Å². The van der Waals surface area contributed by atoms with Crippen LogP contribution in [0, 0.1) is 20.2 Å². The number of hydrogen-bond donors (Lipinski definition) is 2. The highest BCUT2D eigenvalue weighted by Crippen LogP contribution is 2.56. The molecule has 0 radical (unpaired) electrons. The lowest BCUT2D eigenvalue weighted by atomic mass is 9.87. The van der Waals surface area contributed by atoms with Gasteiger partial charge in [0.05, 0.1) is 75.3 Å². The zero-order valence-corrected chi connectivity index (χ0v) is 52.7. The van der Waals surface area contributed by atoms with Crippen LogP contribution in [0.1, 0.15) is 143 Å². The second-order valence-corrected chi connectivity index (χ2v) is 28.4. The molecule has 14 nitrogen and oxygen atoms in total. The van der Waals surface area contributed by atoms with Gasteiger partial charge in [-0.1, -0.05) is 144 Å². The van der Waals surface area contributed by atoms with E-state index in [4.69, 9.17) is 18.9 Å². The lowest BCUT2D eigenvalue weighted by Crippen LogP contribution is -2.14. The molecule has 6 aromatic carbocycles. The fourth-order valence-electron chi connectivity index (χ4n) is 8.34. The molecule has 1 aliphatic rings. The van der Waals surface area contributed by atoms with Crippen LogP contribution in [-0.2, 0) is 21.7 Å². The maximum absolute atomic E-state index is 11.6. The van der Waals surface area contributed by atoms with Crippen molar-refractivity contribution in [2.75, 3.05) is 39.5 Å². The van der Waals surface area contributed by atoms with Crippen LogP contribution in [-0.4, -0.2) is 72.0 Å². The third kappa shape index (κ3) is 16.0. The lowest BCUT2D eigenvalue weighted by Gasteiger charge is -2.28. The first-order chi connectivity index (χ1) is 38.5. The molecule has 18 heteroatoms. The maximum atomic E-state index is 11.6. The fourth-order valence-corrected chi connectivity index (χ4v) is 13.1. The molecule has 0 unspecified atom stereocenters. The number of fused-ring (bicyclic) bond motifs is 8. The Morgan fingerprint density at radius 3 is 0.890 bits per heavy atom. The second-order valence-electron chi connectivity index (χ2n) is 24.1. The maximum Gasteiger partial charge on any atom is 0.270 e. The summed E-state index contributed by atoms with van der Waals surface area (Å²) in [6.45, 7) is 32.2. The van der Waals surface area contributed by atoms with Crippen molar-refractivity contribution < 1.29 is 39.0 Å². The molecule has 0 amide bonds. The molecule has 0 fully saturated rings. The van der Waals surface area contributed by atoms with Crippen molar-refractivity contribution >= 4 is 70.9 Å². The Balaban J connectivity index is 1.50. The number of benzene rings is 6. The second kappa shape index (κ2) is 26.5. The topological polar surface area (TPSA) is 188 Å². The fraction of sp³-hybridized carbons (Fsp3) is 0.406. The number of nitro benzene ring substituents is 2. The summed E-state index contributed by atoms with van der Waals surface area (Å²) in [6.07, 6.45) is 4.40. The Bertz CT molecular complexity index is 3070. The summed E-state index contributed by atoms with van der Waals surface area (Å²) in [6, 6.07) is 25.5. The van der Waals surface area contributed by atoms with Gasteiger partial charge < -0.3 is 29.2 Å². The number of hydrogen-bond acceptors (Lipinski definition) is 16. The van der Waals surface area contributed by atoms with Crippen molar-refractivity contribution in [3.05, 3.63) is 139 Å². The van der Waals surface area contributed by atoms with E-state index in [1.165, 1.54) is 48.8 Å². The molecular weight excluding hydrogens is 1110 g/mol. The largest absolute Gasteiger partial charge is 0.507 e. The highest BCUT2D eigenvalue weighted by atomic mass is 32.2. The van der Waals surface area contributed by atoms with Crippen LogP contribution in [0.4, 0.5) is 11.4 Å². The molecule has 82 heavy (non-hydrogen) atoms.